The van der Waals surface area contributed by atoms with Gasteiger partial charge in [-0.15, -0.1) is 0 Å². The van der Waals surface area contributed by atoms with Crippen molar-refractivity contribution in [2.45, 2.75) is 69.8 Å². The number of phosphoric acid groups is 3. The lowest BCUT2D eigenvalue weighted by Gasteiger charge is -2.30. The Morgan fingerprint density at radius 2 is 1.62 bits per heavy atom. The van der Waals surface area contributed by atoms with Crippen molar-refractivity contribution in [1.82, 2.24) is 35.5 Å². The van der Waals surface area contributed by atoms with E-state index < -0.39 is 102 Å². The Labute approximate surface area is 372 Å². The number of nitrogens with one attached hydrogen (secondary N) is 3. The average Bonchev–Trinajstić information content (AvgIpc) is 3.78. The highest BCUT2D eigenvalue weighted by Gasteiger charge is 2.50. The Bertz CT molecular complexity index is 2320. The van der Waals surface area contributed by atoms with Crippen molar-refractivity contribution in [2.24, 2.45) is 5.41 Å². The van der Waals surface area contributed by atoms with Crippen molar-refractivity contribution >= 4 is 81.0 Å². The Morgan fingerprint density at radius 3 is 2.28 bits per heavy atom. The smallest absolute Gasteiger partial charge is 0.479 e. The van der Waals surface area contributed by atoms with Gasteiger partial charge in [0.05, 0.1) is 19.5 Å². The second kappa shape index (κ2) is 23.0. The lowest BCUT2D eigenvalue weighted by atomic mass is 9.87. The lowest BCUT2D eigenvalue weighted by molar-refractivity contribution is -0.142. The van der Waals surface area contributed by atoms with Crippen molar-refractivity contribution in [1.29, 1.82) is 0 Å². The summed E-state index contributed by atoms with van der Waals surface area (Å²) >= 11 is 0.837. The number of nitrogens with zero attached hydrogens (tertiary/aromatic N) is 4. The maximum absolute atomic E-state index is 12.7. The minimum Gasteiger partial charge on any atom is -0.479 e. The second-order valence-electron chi connectivity index (χ2n) is 14.5. The molecule has 0 radical (unpaired) electrons. The molecule has 4 rings (SSSR count). The van der Waals surface area contributed by atoms with E-state index in [1.165, 1.54) is 13.8 Å². The standard InChI is InChI=1S/C33H47N8O20P3S/c1-33(2,27(46)30(47)36-11-10-20(42)35-12-13-65-22(44)9-8-21(43)40-23(32(48)49)18-6-4-3-5-7-18)15-58-64(55,56)61-63(53,54)57-14-19-26(60-62(50,51)52)25(45)31(59-19)41-17-39-24-28(34)37-16-38-29(24)41/h3-7,16-17,19,23,25-27,31,45-46H,8-15H2,1-2H3,(H,35,42)(H,36,47)(H,40,43)(H,48,49)(H,53,54)(H,55,56)(H2,34,37,38)(H2,50,51,52). The zero-order valence-corrected chi connectivity index (χ0v) is 37.7. The van der Waals surface area contributed by atoms with Gasteiger partial charge < -0.3 is 61.3 Å². The molecular weight excluding hydrogens is 953 g/mol. The third-order valence-corrected chi connectivity index (χ3v) is 13.0. The van der Waals surface area contributed by atoms with Crippen LogP contribution in [0.3, 0.4) is 0 Å². The summed E-state index contributed by atoms with van der Waals surface area (Å²) in [6.07, 6.45) is -7.65. The molecule has 1 saturated heterocycles. The first kappa shape index (κ1) is 53.3. The zero-order valence-electron chi connectivity index (χ0n) is 34.2. The van der Waals surface area contributed by atoms with Crippen LogP contribution in [-0.2, 0) is 60.3 Å². The van der Waals surface area contributed by atoms with Crippen molar-refractivity contribution in [3.63, 3.8) is 0 Å². The molecule has 28 nitrogen and oxygen atoms in total. The summed E-state index contributed by atoms with van der Waals surface area (Å²) in [6.45, 7) is 0.0906. The molecule has 65 heavy (non-hydrogen) atoms. The van der Waals surface area contributed by atoms with Crippen molar-refractivity contribution in [3.05, 3.63) is 48.5 Å². The molecule has 8 atom stereocenters. The number of aliphatic hydroxyl groups excluding tert-OH is 2. The summed E-state index contributed by atoms with van der Waals surface area (Å²) < 4.78 is 62.2. The summed E-state index contributed by atoms with van der Waals surface area (Å²) in [5, 5.41) is 37.7. The number of fused-ring (bicyclic) bond motifs is 1. The molecule has 0 spiro atoms. The maximum Gasteiger partial charge on any atom is 0.481 e. The number of rotatable bonds is 25. The minimum atomic E-state index is -5.61. The quantitative estimate of drug-likeness (QED) is 0.0372. The number of aliphatic carboxylic acids is 1. The molecule has 1 fully saturated rings. The first-order valence-electron chi connectivity index (χ1n) is 18.9. The van der Waals surface area contributed by atoms with Gasteiger partial charge in [-0.2, -0.15) is 4.31 Å². The van der Waals surface area contributed by atoms with Crippen LogP contribution in [0.2, 0.25) is 0 Å². The van der Waals surface area contributed by atoms with Crippen LogP contribution in [-0.4, -0.2) is 140 Å². The molecule has 0 bridgehead atoms. The van der Waals surface area contributed by atoms with Gasteiger partial charge in [-0.1, -0.05) is 55.9 Å². The van der Waals surface area contributed by atoms with Gasteiger partial charge in [0.2, 0.25) is 17.7 Å². The van der Waals surface area contributed by atoms with Crippen LogP contribution in [0.1, 0.15) is 50.9 Å². The van der Waals surface area contributed by atoms with E-state index in [0.717, 1.165) is 29.0 Å². The van der Waals surface area contributed by atoms with Crippen LogP contribution < -0.4 is 21.7 Å². The number of imidazole rings is 1. The molecule has 3 amide bonds. The topological polar surface area (TPSA) is 430 Å². The second-order valence-corrected chi connectivity index (χ2v) is 19.9. The average molecular weight is 1000 g/mol. The fourth-order valence-electron chi connectivity index (χ4n) is 5.75. The number of thioether (sulfide) groups is 1. The van der Waals surface area contributed by atoms with Crippen molar-refractivity contribution < 1.29 is 95.2 Å². The zero-order chi connectivity index (χ0) is 48.3. The number of benzene rings is 1. The van der Waals surface area contributed by atoms with Gasteiger partial charge in [0.15, 0.2) is 28.9 Å². The Kier molecular flexibility index (Phi) is 18.8. The number of carboxylic acids is 1. The molecule has 32 heteroatoms. The van der Waals surface area contributed by atoms with Crippen LogP contribution in [0, 0.1) is 5.41 Å². The summed E-state index contributed by atoms with van der Waals surface area (Å²) in [4.78, 5) is 112. The molecule has 1 aliphatic heterocycles. The number of carbonyl (C=O) groups is 5. The fraction of sp³-hybridized carbons (Fsp3) is 0.515. The summed E-state index contributed by atoms with van der Waals surface area (Å²) in [6, 6.07) is 6.73. The number of carbonyl (C=O) groups excluding carboxylic acids is 4. The summed E-state index contributed by atoms with van der Waals surface area (Å²) in [7, 11) is -16.5. The van der Waals surface area contributed by atoms with E-state index in [-0.39, 0.29) is 60.2 Å². The van der Waals surface area contributed by atoms with Crippen molar-refractivity contribution in [3.8, 4) is 0 Å². The van der Waals surface area contributed by atoms with E-state index in [1.54, 1.807) is 30.3 Å². The number of amides is 3. The fourth-order valence-corrected chi connectivity index (χ4v) is 9.26. The molecule has 8 unspecified atom stereocenters. The van der Waals surface area contributed by atoms with Gasteiger partial charge in [0, 0.05) is 43.5 Å². The van der Waals surface area contributed by atoms with E-state index in [9.17, 15) is 72.6 Å². The highest BCUT2D eigenvalue weighted by molar-refractivity contribution is 8.13. The normalized spacial score (nSPS) is 20.6. The third kappa shape index (κ3) is 16.2. The SMILES string of the molecule is CC(C)(COP(=O)(O)OP(=O)(O)OCC1OC(n2cnc3c(N)ncnc32)C(O)C1OP(=O)(O)O)C(O)C(=O)NCCC(=O)NCCSC(=O)CCC(=O)NC(C(=O)O)c1ccccc1. The predicted octanol–water partition coefficient (Wildman–Crippen LogP) is -0.613. The molecular formula is C33H47N8O20P3S. The molecule has 1 aliphatic rings. The number of phosphoric ester groups is 3. The van der Waals surface area contributed by atoms with Gasteiger partial charge in [-0.05, 0) is 5.56 Å². The minimum absolute atomic E-state index is 0.0129. The number of aliphatic hydroxyl groups is 2. The van der Waals surface area contributed by atoms with Crippen LogP contribution in [0.4, 0.5) is 5.82 Å². The molecule has 12 N–H and O–H groups in total. The molecule has 0 saturated carbocycles. The van der Waals surface area contributed by atoms with Crippen molar-refractivity contribution in [2.75, 3.05) is 37.8 Å². The molecule has 360 valence electrons. The molecule has 3 aromatic rings. The van der Waals surface area contributed by atoms with Gasteiger partial charge in [-0.3, -0.25) is 37.3 Å². The molecule has 3 heterocycles. The first-order chi connectivity index (χ1) is 30.3. The van der Waals surface area contributed by atoms with Gasteiger partial charge in [0.1, 0.15) is 36.3 Å². The van der Waals surface area contributed by atoms with E-state index in [4.69, 9.17) is 19.5 Å². The number of hydrogen-bond donors (Lipinski definition) is 11. The van der Waals surface area contributed by atoms with E-state index in [1.807, 2.05) is 0 Å². The third-order valence-electron chi connectivity index (χ3n) is 9.01. The van der Waals surface area contributed by atoms with Crippen LogP contribution in [0.25, 0.3) is 11.2 Å². The van der Waals surface area contributed by atoms with Crippen LogP contribution in [0.15, 0.2) is 43.0 Å². The Balaban J connectivity index is 1.16. The monoisotopic (exact) mass is 1000 g/mol. The van der Waals surface area contributed by atoms with E-state index in [2.05, 4.69) is 39.7 Å². The highest BCUT2D eigenvalue weighted by atomic mass is 32.2. The van der Waals surface area contributed by atoms with Crippen LogP contribution in [0.5, 0.6) is 0 Å². The predicted molar refractivity (Wildman–Crippen MR) is 221 cm³/mol. The number of nitrogens with two attached hydrogens (primary N) is 1. The number of anilines is 1. The summed E-state index contributed by atoms with van der Waals surface area (Å²) in [5.74, 6) is -3.41. The number of aromatic nitrogens is 4. The largest absolute Gasteiger partial charge is 0.481 e. The number of carboxylic acid groups (broad SMARTS) is 1. The van der Waals surface area contributed by atoms with E-state index >= 15 is 0 Å². The Morgan fingerprint density at radius 1 is 0.938 bits per heavy atom. The summed E-state index contributed by atoms with van der Waals surface area (Å²) in [5.41, 5.74) is 4.53. The molecule has 2 aromatic heterocycles. The van der Waals surface area contributed by atoms with Gasteiger partial charge in [-0.25, -0.2) is 33.4 Å². The number of ether oxygens (including phenoxy) is 1. The maximum atomic E-state index is 12.7. The number of hydrogen-bond acceptors (Lipinski definition) is 20. The highest BCUT2D eigenvalue weighted by Crippen LogP contribution is 2.61. The molecule has 1 aromatic carbocycles. The van der Waals surface area contributed by atoms with Gasteiger partial charge >= 0.3 is 29.4 Å². The van der Waals surface area contributed by atoms with E-state index in [0.29, 0.717) is 5.56 Å². The lowest BCUT2D eigenvalue weighted by Crippen LogP contribution is -2.46. The molecule has 0 aliphatic carbocycles. The van der Waals surface area contributed by atoms with Crippen LogP contribution >= 0.6 is 35.2 Å². The number of nitrogen functional groups attached to an aromatic ring is 1. The van der Waals surface area contributed by atoms with Gasteiger partial charge in [0.25, 0.3) is 0 Å². The first-order valence-corrected chi connectivity index (χ1v) is 24.4. The Hall–Kier alpha value is -4.28.